The van der Waals surface area contributed by atoms with E-state index in [1.807, 2.05) is 31.1 Å². The molecule has 1 unspecified atom stereocenters. The number of anilines is 1. The SMILES string of the molecule is CC(CN)c1ccc(N(C)C)c(Cl)c1. The lowest BCUT2D eigenvalue weighted by molar-refractivity contribution is 0.774. The van der Waals surface area contributed by atoms with Gasteiger partial charge < -0.3 is 10.6 Å². The molecule has 0 bridgehead atoms. The van der Waals surface area contributed by atoms with Crippen LogP contribution in [0.3, 0.4) is 0 Å². The molecule has 0 aromatic heterocycles. The maximum atomic E-state index is 6.14. The minimum atomic E-state index is 0.365. The summed E-state index contributed by atoms with van der Waals surface area (Å²) in [5.41, 5.74) is 7.84. The first kappa shape index (κ1) is 11.3. The summed E-state index contributed by atoms with van der Waals surface area (Å²) < 4.78 is 0. The van der Waals surface area contributed by atoms with E-state index in [1.165, 1.54) is 5.56 Å². The Balaban J connectivity index is 3.00. The summed E-state index contributed by atoms with van der Waals surface area (Å²) in [7, 11) is 3.96. The van der Waals surface area contributed by atoms with E-state index in [1.54, 1.807) is 0 Å². The zero-order valence-electron chi connectivity index (χ0n) is 8.92. The van der Waals surface area contributed by atoms with Crippen LogP contribution in [0.15, 0.2) is 18.2 Å². The van der Waals surface area contributed by atoms with Gasteiger partial charge in [-0.1, -0.05) is 24.6 Å². The first-order chi connectivity index (χ1) is 6.56. The van der Waals surface area contributed by atoms with Crippen LogP contribution in [0, 0.1) is 0 Å². The minimum absolute atomic E-state index is 0.365. The molecule has 0 aliphatic rings. The van der Waals surface area contributed by atoms with Gasteiger partial charge in [0.1, 0.15) is 0 Å². The Morgan fingerprint density at radius 1 is 1.43 bits per heavy atom. The lowest BCUT2D eigenvalue weighted by Gasteiger charge is -2.16. The molecule has 78 valence electrons. The summed E-state index contributed by atoms with van der Waals surface area (Å²) >= 11 is 6.14. The zero-order chi connectivity index (χ0) is 10.7. The molecule has 2 nitrogen and oxygen atoms in total. The van der Waals surface area contributed by atoms with Crippen molar-refractivity contribution >= 4 is 17.3 Å². The van der Waals surface area contributed by atoms with Crippen molar-refractivity contribution in [3.63, 3.8) is 0 Å². The highest BCUT2D eigenvalue weighted by atomic mass is 35.5. The molecule has 3 heteroatoms. The van der Waals surface area contributed by atoms with Gasteiger partial charge in [-0.15, -0.1) is 0 Å². The summed E-state index contributed by atoms with van der Waals surface area (Å²) in [6.07, 6.45) is 0. The van der Waals surface area contributed by atoms with Crippen LogP contribution < -0.4 is 10.6 Å². The molecule has 1 rings (SSSR count). The van der Waals surface area contributed by atoms with E-state index in [0.717, 1.165) is 10.7 Å². The number of hydrogen-bond donors (Lipinski definition) is 1. The largest absolute Gasteiger partial charge is 0.376 e. The first-order valence-electron chi connectivity index (χ1n) is 4.73. The Morgan fingerprint density at radius 2 is 2.07 bits per heavy atom. The van der Waals surface area contributed by atoms with Gasteiger partial charge in [0.15, 0.2) is 0 Å². The number of nitrogens with two attached hydrogens (primary N) is 1. The third-order valence-electron chi connectivity index (χ3n) is 2.38. The molecule has 2 N–H and O–H groups in total. The molecule has 1 atom stereocenters. The van der Waals surface area contributed by atoms with Gasteiger partial charge in [-0.2, -0.15) is 0 Å². The second-order valence-electron chi connectivity index (χ2n) is 3.74. The van der Waals surface area contributed by atoms with E-state index in [2.05, 4.69) is 13.0 Å². The quantitative estimate of drug-likeness (QED) is 0.834. The molecule has 0 aliphatic carbocycles. The number of rotatable bonds is 3. The fourth-order valence-electron chi connectivity index (χ4n) is 1.33. The van der Waals surface area contributed by atoms with Crippen LogP contribution in [-0.2, 0) is 0 Å². The van der Waals surface area contributed by atoms with Crippen LogP contribution in [0.25, 0.3) is 0 Å². The van der Waals surface area contributed by atoms with Crippen molar-refractivity contribution in [1.82, 2.24) is 0 Å². The van der Waals surface area contributed by atoms with Crippen molar-refractivity contribution in [2.45, 2.75) is 12.8 Å². The van der Waals surface area contributed by atoms with Gasteiger partial charge in [0.05, 0.1) is 10.7 Å². The Hall–Kier alpha value is -0.730. The van der Waals surface area contributed by atoms with Crippen molar-refractivity contribution in [2.75, 3.05) is 25.5 Å². The van der Waals surface area contributed by atoms with Gasteiger partial charge in [0, 0.05) is 14.1 Å². The van der Waals surface area contributed by atoms with Gasteiger partial charge in [-0.25, -0.2) is 0 Å². The van der Waals surface area contributed by atoms with Crippen LogP contribution in [0.2, 0.25) is 5.02 Å². The molecule has 1 aromatic rings. The van der Waals surface area contributed by atoms with E-state index >= 15 is 0 Å². The normalized spacial score (nSPS) is 12.6. The summed E-state index contributed by atoms with van der Waals surface area (Å²) in [5, 5.41) is 0.785. The molecule has 14 heavy (non-hydrogen) atoms. The van der Waals surface area contributed by atoms with Crippen molar-refractivity contribution in [3.8, 4) is 0 Å². The van der Waals surface area contributed by atoms with Gasteiger partial charge >= 0.3 is 0 Å². The third kappa shape index (κ3) is 2.40. The molecule has 0 heterocycles. The minimum Gasteiger partial charge on any atom is -0.376 e. The Labute approximate surface area is 90.7 Å². The van der Waals surface area contributed by atoms with Gasteiger partial charge in [-0.05, 0) is 30.2 Å². The van der Waals surface area contributed by atoms with E-state index in [9.17, 15) is 0 Å². The fraction of sp³-hybridized carbons (Fsp3) is 0.455. The molecule has 0 radical (unpaired) electrons. The second-order valence-corrected chi connectivity index (χ2v) is 4.15. The van der Waals surface area contributed by atoms with Crippen LogP contribution in [-0.4, -0.2) is 20.6 Å². The van der Waals surface area contributed by atoms with Crippen LogP contribution in [0.5, 0.6) is 0 Å². The lowest BCUT2D eigenvalue weighted by Crippen LogP contribution is -2.11. The predicted molar refractivity (Wildman–Crippen MR) is 63.2 cm³/mol. The molecular formula is C11H17ClN2. The third-order valence-corrected chi connectivity index (χ3v) is 2.68. The lowest BCUT2D eigenvalue weighted by atomic mass is 10.0. The van der Waals surface area contributed by atoms with Crippen LogP contribution in [0.4, 0.5) is 5.69 Å². The Morgan fingerprint density at radius 3 is 2.50 bits per heavy atom. The first-order valence-corrected chi connectivity index (χ1v) is 5.11. The summed E-state index contributed by atoms with van der Waals surface area (Å²) in [5.74, 6) is 0.365. The molecule has 0 fully saturated rings. The standard InChI is InChI=1S/C11H17ClN2/c1-8(7-13)9-4-5-11(14(2)3)10(12)6-9/h4-6,8H,7,13H2,1-3H3. The smallest absolute Gasteiger partial charge is 0.0642 e. The number of benzene rings is 1. The monoisotopic (exact) mass is 212 g/mol. The van der Waals surface area contributed by atoms with Crippen molar-refractivity contribution in [1.29, 1.82) is 0 Å². The molecular weight excluding hydrogens is 196 g/mol. The molecule has 0 amide bonds. The molecule has 0 saturated carbocycles. The van der Waals surface area contributed by atoms with Gasteiger partial charge in [0.2, 0.25) is 0 Å². The van der Waals surface area contributed by atoms with Crippen molar-refractivity contribution in [2.24, 2.45) is 5.73 Å². The highest BCUT2D eigenvalue weighted by molar-refractivity contribution is 6.33. The average Bonchev–Trinajstić information content (AvgIpc) is 2.15. The average molecular weight is 213 g/mol. The molecule has 1 aromatic carbocycles. The van der Waals surface area contributed by atoms with Crippen molar-refractivity contribution in [3.05, 3.63) is 28.8 Å². The maximum Gasteiger partial charge on any atom is 0.0642 e. The van der Waals surface area contributed by atoms with E-state index < -0.39 is 0 Å². The maximum absolute atomic E-state index is 6.14. The molecule has 0 saturated heterocycles. The number of halogens is 1. The Kier molecular flexibility index (Phi) is 3.78. The summed E-state index contributed by atoms with van der Waals surface area (Å²) in [6.45, 7) is 2.75. The van der Waals surface area contributed by atoms with Gasteiger partial charge in [0.25, 0.3) is 0 Å². The number of nitrogens with zero attached hydrogens (tertiary/aromatic N) is 1. The zero-order valence-corrected chi connectivity index (χ0v) is 9.67. The fourth-order valence-corrected chi connectivity index (χ4v) is 1.69. The topological polar surface area (TPSA) is 29.3 Å². The van der Waals surface area contributed by atoms with E-state index in [-0.39, 0.29) is 0 Å². The van der Waals surface area contributed by atoms with Crippen LogP contribution >= 0.6 is 11.6 Å². The predicted octanol–water partition coefficient (Wildman–Crippen LogP) is 2.47. The molecule has 0 spiro atoms. The Bertz CT molecular complexity index is 310. The van der Waals surface area contributed by atoms with Crippen LogP contribution in [0.1, 0.15) is 18.4 Å². The highest BCUT2D eigenvalue weighted by Gasteiger charge is 2.07. The summed E-state index contributed by atoms with van der Waals surface area (Å²) in [4.78, 5) is 2.00. The van der Waals surface area contributed by atoms with E-state index in [0.29, 0.717) is 12.5 Å². The van der Waals surface area contributed by atoms with Gasteiger partial charge in [-0.3, -0.25) is 0 Å². The second kappa shape index (κ2) is 4.67. The molecule has 0 aliphatic heterocycles. The highest BCUT2D eigenvalue weighted by Crippen LogP contribution is 2.27. The summed E-state index contributed by atoms with van der Waals surface area (Å²) in [6, 6.07) is 6.11. The number of hydrogen-bond acceptors (Lipinski definition) is 2. The van der Waals surface area contributed by atoms with E-state index in [4.69, 9.17) is 17.3 Å². The van der Waals surface area contributed by atoms with Crippen molar-refractivity contribution < 1.29 is 0 Å².